The van der Waals surface area contributed by atoms with E-state index >= 15 is 0 Å². The Hall–Kier alpha value is -3.73. The van der Waals surface area contributed by atoms with Gasteiger partial charge in [-0.15, -0.1) is 10.2 Å². The number of methoxy groups -OCH3 is 1. The molecule has 2 fully saturated rings. The van der Waals surface area contributed by atoms with E-state index in [-0.39, 0.29) is 63.9 Å². The maximum absolute atomic E-state index is 13.8. The molecule has 2 amide bonds. The molecule has 11 nitrogen and oxygen atoms in total. The van der Waals surface area contributed by atoms with E-state index in [1.54, 1.807) is 24.3 Å². The Labute approximate surface area is 275 Å². The quantitative estimate of drug-likeness (QED) is 0.170. The molecule has 2 heterocycles. The van der Waals surface area contributed by atoms with Gasteiger partial charge in [-0.3, -0.25) is 28.4 Å². The van der Waals surface area contributed by atoms with Gasteiger partial charge in [-0.05, 0) is 49.4 Å². The number of ether oxygens (including phenoxy) is 1. The second-order valence-electron chi connectivity index (χ2n) is 11.6. The molecule has 239 valence electrons. The molecule has 0 saturated heterocycles. The van der Waals surface area contributed by atoms with Crippen LogP contribution in [0.25, 0.3) is 0 Å². The number of hydrogen-bond acceptors (Lipinski definition) is 8. The predicted molar refractivity (Wildman–Crippen MR) is 164 cm³/mol. The fourth-order valence-corrected chi connectivity index (χ4v) is 6.87. The Morgan fingerprint density at radius 2 is 1.42 bits per heavy atom. The van der Waals surface area contributed by atoms with Gasteiger partial charge >= 0.3 is 22.8 Å². The third-order valence-electron chi connectivity index (χ3n) is 8.98. The minimum absolute atomic E-state index is 0. The van der Waals surface area contributed by atoms with Crippen LogP contribution in [-0.2, 0) is 23.6 Å². The van der Waals surface area contributed by atoms with Crippen LogP contribution in [0.4, 0.5) is 11.4 Å². The van der Waals surface area contributed by atoms with Gasteiger partial charge in [-0.2, -0.15) is 0 Å². The second-order valence-corrected chi connectivity index (χ2v) is 12.0. The summed E-state index contributed by atoms with van der Waals surface area (Å²) in [6.45, 7) is -0.0514. The molecule has 0 spiro atoms. The molecule has 2 aliphatic carbocycles. The van der Waals surface area contributed by atoms with Crippen molar-refractivity contribution >= 4 is 34.8 Å². The Balaban J connectivity index is 0.00000400. The topological polar surface area (TPSA) is 136 Å². The third-order valence-corrected chi connectivity index (χ3v) is 9.35. The van der Waals surface area contributed by atoms with E-state index in [2.05, 4.69) is 10.2 Å². The molecule has 0 bridgehead atoms. The van der Waals surface area contributed by atoms with Gasteiger partial charge in [0.15, 0.2) is 0 Å². The number of nitrogens with zero attached hydrogens (tertiary/aromatic N) is 5. The number of fused-ring (bicyclic) bond motifs is 1. The SMILES string of the molecule is COc1ccc2c(c1N=Nc1c(O)n(C3CCCCC3)c(=O)n(C3CCCCC3)c1=O)C(=O)N(Cc1ccccc1Cl)C2=O.[Cu+2]. The summed E-state index contributed by atoms with van der Waals surface area (Å²) in [5.74, 6) is -1.54. The molecule has 0 atom stereocenters. The molecular weight excluding hydrogens is 649 g/mol. The largest absolute Gasteiger partial charge is 2.00 e. The summed E-state index contributed by atoms with van der Waals surface area (Å²) in [5, 5.41) is 20.3. The van der Waals surface area contributed by atoms with Crippen LogP contribution in [0.5, 0.6) is 11.6 Å². The average Bonchev–Trinajstić information content (AvgIpc) is 3.27. The molecule has 1 aliphatic heterocycles. The van der Waals surface area contributed by atoms with Crippen molar-refractivity contribution < 1.29 is 36.5 Å². The van der Waals surface area contributed by atoms with E-state index in [9.17, 15) is 24.3 Å². The molecule has 2 saturated carbocycles. The Morgan fingerprint density at radius 3 is 2.04 bits per heavy atom. The molecule has 13 heteroatoms. The van der Waals surface area contributed by atoms with Gasteiger partial charge in [0.1, 0.15) is 11.4 Å². The molecule has 3 aliphatic rings. The van der Waals surface area contributed by atoms with Gasteiger partial charge in [0.25, 0.3) is 17.4 Å². The fourth-order valence-electron chi connectivity index (χ4n) is 6.68. The number of aromatic hydroxyl groups is 1. The minimum atomic E-state index is -0.732. The van der Waals surface area contributed by atoms with Crippen molar-refractivity contribution in [2.45, 2.75) is 82.8 Å². The van der Waals surface area contributed by atoms with Crippen molar-refractivity contribution in [1.82, 2.24) is 14.0 Å². The first-order chi connectivity index (χ1) is 21.3. The second kappa shape index (κ2) is 13.7. The number of amides is 2. The Morgan fingerprint density at radius 1 is 0.822 bits per heavy atom. The molecule has 1 radical (unpaired) electrons. The van der Waals surface area contributed by atoms with E-state index < -0.39 is 28.9 Å². The molecule has 1 N–H and O–H groups in total. The predicted octanol–water partition coefficient (Wildman–Crippen LogP) is 6.60. The van der Waals surface area contributed by atoms with Crippen LogP contribution in [0.2, 0.25) is 5.02 Å². The van der Waals surface area contributed by atoms with E-state index in [0.717, 1.165) is 43.4 Å². The molecule has 6 rings (SSSR count). The fraction of sp³-hybridized carbons (Fsp3) is 0.438. The van der Waals surface area contributed by atoms with Crippen LogP contribution in [0.1, 0.15) is 103 Å². The first-order valence-electron chi connectivity index (χ1n) is 15.1. The van der Waals surface area contributed by atoms with Crippen LogP contribution in [0.3, 0.4) is 0 Å². The zero-order chi connectivity index (χ0) is 31.0. The summed E-state index contributed by atoms with van der Waals surface area (Å²) in [6, 6.07) is 9.34. The van der Waals surface area contributed by atoms with Crippen molar-refractivity contribution in [3.63, 3.8) is 0 Å². The van der Waals surface area contributed by atoms with Gasteiger partial charge in [0.2, 0.25) is 11.6 Å². The van der Waals surface area contributed by atoms with Crippen molar-refractivity contribution in [1.29, 1.82) is 0 Å². The first kappa shape index (κ1) is 32.7. The van der Waals surface area contributed by atoms with E-state index in [1.165, 1.54) is 28.4 Å². The molecule has 0 unspecified atom stereocenters. The summed E-state index contributed by atoms with van der Waals surface area (Å²) < 4.78 is 8.01. The molecule has 45 heavy (non-hydrogen) atoms. The van der Waals surface area contributed by atoms with Crippen molar-refractivity contribution in [3.8, 4) is 11.6 Å². The Kier molecular flexibility index (Phi) is 9.96. The molecule has 1 aromatic heterocycles. The first-order valence-corrected chi connectivity index (χ1v) is 15.5. The van der Waals surface area contributed by atoms with Crippen molar-refractivity contribution in [2.75, 3.05) is 7.11 Å². The van der Waals surface area contributed by atoms with Gasteiger partial charge in [0, 0.05) is 17.1 Å². The van der Waals surface area contributed by atoms with Crippen LogP contribution in [0.15, 0.2) is 56.2 Å². The minimum Gasteiger partial charge on any atom is -0.494 e. The molecule has 2 aromatic carbocycles. The number of rotatable bonds is 7. The number of aromatic nitrogens is 2. The number of halogens is 1. The van der Waals surface area contributed by atoms with E-state index in [1.807, 2.05) is 0 Å². The number of carbonyl (C=O) groups is 2. The molecule has 3 aromatic rings. The van der Waals surface area contributed by atoms with Crippen LogP contribution < -0.4 is 16.0 Å². The van der Waals surface area contributed by atoms with E-state index in [0.29, 0.717) is 36.3 Å². The summed E-state index contributed by atoms with van der Waals surface area (Å²) in [5.41, 5.74) is -1.03. The van der Waals surface area contributed by atoms with Crippen LogP contribution >= 0.6 is 11.6 Å². The van der Waals surface area contributed by atoms with Gasteiger partial charge in [-0.25, -0.2) is 4.79 Å². The zero-order valence-corrected chi connectivity index (χ0v) is 26.5. The van der Waals surface area contributed by atoms with Gasteiger partial charge in [0.05, 0.1) is 24.8 Å². The van der Waals surface area contributed by atoms with Crippen molar-refractivity contribution in [2.24, 2.45) is 10.2 Å². The van der Waals surface area contributed by atoms with Crippen molar-refractivity contribution in [3.05, 3.63) is 78.9 Å². The standard InChI is InChI=1S/C32H34ClN5O6.Cu/c1-44-24-17-16-22-25(29(40)36(28(22)39)18-19-10-8-9-15-23(19)33)26(24)34-35-27-30(41)37(20-11-4-2-5-12-20)32(43)38(31(27)42)21-13-6-3-7-14-21;/h8-10,15-17,20-21,41H,2-7,11-14,18H2,1H3;/q;+2. The molecular formula is C32H34ClCuN5O6+2. The summed E-state index contributed by atoms with van der Waals surface area (Å²) in [6.07, 6.45) is 8.44. The average molecular weight is 684 g/mol. The monoisotopic (exact) mass is 682 g/mol. The maximum atomic E-state index is 13.8. The summed E-state index contributed by atoms with van der Waals surface area (Å²) in [4.78, 5) is 55.7. The number of hydrogen-bond donors (Lipinski definition) is 1. The van der Waals surface area contributed by atoms with Crippen LogP contribution in [-0.4, -0.2) is 38.1 Å². The summed E-state index contributed by atoms with van der Waals surface area (Å²) in [7, 11) is 1.39. The van der Waals surface area contributed by atoms with E-state index in [4.69, 9.17) is 16.3 Å². The normalized spacial score (nSPS) is 17.5. The summed E-state index contributed by atoms with van der Waals surface area (Å²) >= 11 is 6.30. The third kappa shape index (κ3) is 5.98. The van der Waals surface area contributed by atoms with Gasteiger partial charge in [-0.1, -0.05) is 68.3 Å². The zero-order valence-electron chi connectivity index (χ0n) is 24.8. The maximum Gasteiger partial charge on any atom is 2.00 e. The number of carbonyl (C=O) groups excluding carboxylic acids is 2. The smallest absolute Gasteiger partial charge is 0.494 e. The Bertz CT molecular complexity index is 1770. The number of benzene rings is 2. The number of imide groups is 1. The number of azo groups is 1. The van der Waals surface area contributed by atoms with Gasteiger partial charge < -0.3 is 9.84 Å². The van der Waals surface area contributed by atoms with Crippen LogP contribution in [0, 0.1) is 0 Å².